The lowest BCUT2D eigenvalue weighted by atomic mass is 10.2. The molecule has 0 aliphatic rings. The number of aromatic nitrogens is 4. The van der Waals surface area contributed by atoms with Crippen molar-refractivity contribution in [1.82, 2.24) is 19.3 Å². The van der Waals surface area contributed by atoms with Crippen LogP contribution in [0, 0.1) is 10.1 Å². The molecule has 0 spiro atoms. The van der Waals surface area contributed by atoms with E-state index in [0.717, 1.165) is 16.2 Å². The maximum absolute atomic E-state index is 12.7. The van der Waals surface area contributed by atoms with Gasteiger partial charge in [0.05, 0.1) is 34.9 Å². The van der Waals surface area contributed by atoms with Crippen LogP contribution in [0.3, 0.4) is 0 Å². The zero-order valence-electron chi connectivity index (χ0n) is 15.9. The van der Waals surface area contributed by atoms with Crippen molar-refractivity contribution in [2.75, 3.05) is 5.32 Å². The van der Waals surface area contributed by atoms with E-state index in [0.29, 0.717) is 22.9 Å². The Morgan fingerprint density at radius 1 is 1.19 bits per heavy atom. The molecule has 31 heavy (non-hydrogen) atoms. The van der Waals surface area contributed by atoms with Crippen LogP contribution < -0.4 is 10.9 Å². The average Bonchev–Trinajstić information content (AvgIpc) is 3.18. The Bertz CT molecular complexity index is 1360. The van der Waals surface area contributed by atoms with Gasteiger partial charge in [-0.15, -0.1) is 0 Å². The quantitative estimate of drug-likeness (QED) is 0.364. The zero-order valence-corrected chi connectivity index (χ0v) is 16.7. The first-order valence-corrected chi connectivity index (χ1v) is 9.49. The second-order valence-electron chi connectivity index (χ2n) is 6.65. The number of hydrogen-bond donors (Lipinski definition) is 1. The molecule has 0 saturated heterocycles. The molecule has 0 saturated carbocycles. The van der Waals surface area contributed by atoms with Crippen LogP contribution in [-0.2, 0) is 17.9 Å². The molecule has 4 aromatic rings. The Kier molecular flexibility index (Phi) is 5.46. The number of carbonyl (C=O) groups excluding carboxylic acids is 1. The van der Waals surface area contributed by atoms with Gasteiger partial charge < -0.3 is 5.32 Å². The molecule has 0 unspecified atom stereocenters. The fraction of sp³-hybridized carbons (Fsp3) is 0.100. The minimum Gasteiger partial charge on any atom is -0.309 e. The largest absolute Gasteiger partial charge is 0.309 e. The van der Waals surface area contributed by atoms with Gasteiger partial charge in [0.15, 0.2) is 0 Å². The standard InChI is InChI=1S/C20H15ClN6O4/c21-16-4-2-1-3-13(16)10-26-18(7-8-23-26)24-19(28)11-25-12-22-17-6-5-14(27(30)31)9-15(17)20(25)29/h1-9,12H,10-11H2,(H,24,28). The van der Waals surface area contributed by atoms with Gasteiger partial charge in [0.2, 0.25) is 5.91 Å². The molecule has 0 bridgehead atoms. The van der Waals surface area contributed by atoms with E-state index in [1.807, 2.05) is 18.2 Å². The number of non-ortho nitro benzene ring substituents is 1. The van der Waals surface area contributed by atoms with Gasteiger partial charge >= 0.3 is 0 Å². The van der Waals surface area contributed by atoms with Crippen LogP contribution in [0.15, 0.2) is 65.8 Å². The first-order chi connectivity index (χ1) is 14.9. The molecule has 0 fully saturated rings. The summed E-state index contributed by atoms with van der Waals surface area (Å²) in [7, 11) is 0. The van der Waals surface area contributed by atoms with Crippen LogP contribution in [0.4, 0.5) is 11.5 Å². The molecular weight excluding hydrogens is 424 g/mol. The van der Waals surface area contributed by atoms with Crippen LogP contribution in [0.25, 0.3) is 10.9 Å². The van der Waals surface area contributed by atoms with Gasteiger partial charge in [0, 0.05) is 23.2 Å². The molecule has 0 atom stereocenters. The summed E-state index contributed by atoms with van der Waals surface area (Å²) in [4.78, 5) is 39.7. The van der Waals surface area contributed by atoms with Crippen molar-refractivity contribution >= 4 is 39.9 Å². The number of nitro benzene ring substituents is 1. The Hall–Kier alpha value is -4.05. The lowest BCUT2D eigenvalue weighted by molar-refractivity contribution is -0.384. The average molecular weight is 439 g/mol. The van der Waals surface area contributed by atoms with E-state index >= 15 is 0 Å². The first-order valence-electron chi connectivity index (χ1n) is 9.11. The molecule has 2 heterocycles. The highest BCUT2D eigenvalue weighted by Gasteiger charge is 2.14. The van der Waals surface area contributed by atoms with Gasteiger partial charge in [0.1, 0.15) is 12.4 Å². The van der Waals surface area contributed by atoms with Crippen molar-refractivity contribution in [1.29, 1.82) is 0 Å². The third-order valence-electron chi connectivity index (χ3n) is 4.59. The monoisotopic (exact) mass is 438 g/mol. The molecule has 1 amide bonds. The second-order valence-corrected chi connectivity index (χ2v) is 7.06. The van der Waals surface area contributed by atoms with Gasteiger partial charge in [-0.2, -0.15) is 5.10 Å². The number of rotatable bonds is 6. The summed E-state index contributed by atoms with van der Waals surface area (Å²) in [5, 5.41) is 18.5. The molecule has 11 heteroatoms. The SMILES string of the molecule is O=C(Cn1cnc2ccc([N+](=O)[O-])cc2c1=O)Nc1ccnn1Cc1ccccc1Cl. The molecule has 2 aromatic carbocycles. The van der Waals surface area contributed by atoms with E-state index < -0.39 is 16.4 Å². The van der Waals surface area contributed by atoms with Gasteiger partial charge in [-0.25, -0.2) is 9.67 Å². The predicted octanol–water partition coefficient (Wildman–Crippen LogP) is 2.84. The van der Waals surface area contributed by atoms with E-state index in [1.54, 1.807) is 16.8 Å². The number of anilines is 1. The van der Waals surface area contributed by atoms with Crippen molar-refractivity contribution in [3.63, 3.8) is 0 Å². The van der Waals surface area contributed by atoms with Crippen molar-refractivity contribution in [2.24, 2.45) is 0 Å². The summed E-state index contributed by atoms with van der Waals surface area (Å²) in [6.07, 6.45) is 2.77. The molecular formula is C20H15ClN6O4. The smallest absolute Gasteiger partial charge is 0.270 e. The van der Waals surface area contributed by atoms with Crippen molar-refractivity contribution in [3.8, 4) is 0 Å². The third-order valence-corrected chi connectivity index (χ3v) is 4.96. The van der Waals surface area contributed by atoms with Crippen LogP contribution in [0.5, 0.6) is 0 Å². The molecule has 0 aliphatic carbocycles. The fourth-order valence-corrected chi connectivity index (χ4v) is 3.26. The van der Waals surface area contributed by atoms with Gasteiger partial charge in [0.25, 0.3) is 11.2 Å². The fourth-order valence-electron chi connectivity index (χ4n) is 3.06. The highest BCUT2D eigenvalue weighted by Crippen LogP contribution is 2.18. The summed E-state index contributed by atoms with van der Waals surface area (Å²) in [5.74, 6) is -0.0445. The lowest BCUT2D eigenvalue weighted by Gasteiger charge is -2.11. The van der Waals surface area contributed by atoms with Crippen LogP contribution in [0.1, 0.15) is 5.56 Å². The van der Waals surface area contributed by atoms with Crippen LogP contribution in [-0.4, -0.2) is 30.2 Å². The molecule has 156 valence electrons. The number of benzene rings is 2. The van der Waals surface area contributed by atoms with E-state index in [9.17, 15) is 19.7 Å². The summed E-state index contributed by atoms with van der Waals surface area (Å²) in [6, 6.07) is 12.7. The maximum Gasteiger partial charge on any atom is 0.270 e. The van der Waals surface area contributed by atoms with Gasteiger partial charge in [-0.05, 0) is 17.7 Å². The van der Waals surface area contributed by atoms with Crippen molar-refractivity contribution < 1.29 is 9.72 Å². The number of nitrogens with one attached hydrogen (secondary N) is 1. The highest BCUT2D eigenvalue weighted by molar-refractivity contribution is 6.31. The molecule has 1 N–H and O–H groups in total. The lowest BCUT2D eigenvalue weighted by Crippen LogP contribution is -2.28. The Morgan fingerprint density at radius 3 is 2.77 bits per heavy atom. The van der Waals surface area contributed by atoms with Crippen LogP contribution >= 0.6 is 11.6 Å². The summed E-state index contributed by atoms with van der Waals surface area (Å²) in [5.41, 5.74) is 0.371. The van der Waals surface area contributed by atoms with E-state index in [4.69, 9.17) is 11.6 Å². The molecule has 0 aliphatic heterocycles. The number of carbonyl (C=O) groups is 1. The van der Waals surface area contributed by atoms with Crippen LogP contribution in [0.2, 0.25) is 5.02 Å². The highest BCUT2D eigenvalue weighted by atomic mass is 35.5. The second kappa shape index (κ2) is 8.36. The van der Waals surface area contributed by atoms with Crippen molar-refractivity contribution in [2.45, 2.75) is 13.1 Å². The number of nitro groups is 1. The predicted molar refractivity (Wildman–Crippen MR) is 114 cm³/mol. The minimum absolute atomic E-state index is 0.0632. The van der Waals surface area contributed by atoms with E-state index in [-0.39, 0.29) is 17.6 Å². The minimum atomic E-state index is -0.594. The molecule has 10 nitrogen and oxygen atoms in total. The third kappa shape index (κ3) is 4.28. The molecule has 2 aromatic heterocycles. The maximum atomic E-state index is 12.7. The summed E-state index contributed by atoms with van der Waals surface area (Å²) >= 11 is 6.19. The Morgan fingerprint density at radius 2 is 2.00 bits per heavy atom. The summed E-state index contributed by atoms with van der Waals surface area (Å²) < 4.78 is 2.67. The Labute approximate surface area is 179 Å². The topological polar surface area (TPSA) is 125 Å². The number of halogens is 1. The van der Waals surface area contributed by atoms with E-state index in [1.165, 1.54) is 24.7 Å². The normalized spacial score (nSPS) is 10.9. The number of fused-ring (bicyclic) bond motifs is 1. The summed E-state index contributed by atoms with van der Waals surface area (Å²) in [6.45, 7) is 0.0329. The van der Waals surface area contributed by atoms with Gasteiger partial charge in [-0.3, -0.25) is 24.3 Å². The Balaban J connectivity index is 1.54. The van der Waals surface area contributed by atoms with E-state index in [2.05, 4.69) is 15.4 Å². The number of amides is 1. The van der Waals surface area contributed by atoms with Crippen molar-refractivity contribution in [3.05, 3.63) is 92.1 Å². The molecule has 0 radical (unpaired) electrons. The number of hydrogen-bond acceptors (Lipinski definition) is 6. The first kappa shape index (κ1) is 20.2. The zero-order chi connectivity index (χ0) is 22.0. The molecule has 4 rings (SSSR count). The van der Waals surface area contributed by atoms with Gasteiger partial charge in [-0.1, -0.05) is 29.8 Å². The number of nitrogens with zero attached hydrogens (tertiary/aromatic N) is 5.